The summed E-state index contributed by atoms with van der Waals surface area (Å²) in [6.07, 6.45) is 0.891. The van der Waals surface area contributed by atoms with Crippen LogP contribution in [0.5, 0.6) is 0 Å². The van der Waals surface area contributed by atoms with Crippen LogP contribution in [0.1, 0.15) is 47.8 Å². The zero-order valence-corrected chi connectivity index (χ0v) is 28.2. The summed E-state index contributed by atoms with van der Waals surface area (Å²) in [5, 5.41) is 11.2. The van der Waals surface area contributed by atoms with Crippen molar-refractivity contribution in [2.24, 2.45) is 10.8 Å². The molecule has 4 rings (SSSR count). The second-order valence-corrected chi connectivity index (χ2v) is 14.7. The van der Waals surface area contributed by atoms with Crippen molar-refractivity contribution in [2.75, 3.05) is 40.5 Å². The normalized spacial score (nSPS) is 19.9. The maximum atomic E-state index is 13.9. The summed E-state index contributed by atoms with van der Waals surface area (Å²) in [5.74, 6) is -0.842. The Hall–Kier alpha value is -3.67. The Morgan fingerprint density at radius 1 is 1.04 bits per heavy atom. The molecule has 1 fully saturated rings. The molecular formula is C28H41N6O12P. The molecule has 0 aromatic carbocycles. The minimum atomic E-state index is -4.37. The summed E-state index contributed by atoms with van der Waals surface area (Å²) in [6.45, 7) is 9.40. The number of nitrogens with one attached hydrogen (secondary N) is 2. The van der Waals surface area contributed by atoms with Crippen LogP contribution in [0.2, 0.25) is 0 Å². The van der Waals surface area contributed by atoms with Crippen molar-refractivity contribution in [1.29, 1.82) is 0 Å². The number of hydrogen-bond acceptors (Lipinski definition) is 15. The molecule has 260 valence electrons. The monoisotopic (exact) mass is 684 g/mol. The van der Waals surface area contributed by atoms with E-state index in [-0.39, 0.29) is 31.2 Å². The highest BCUT2D eigenvalue weighted by Crippen LogP contribution is 2.46. The van der Waals surface area contributed by atoms with Crippen LogP contribution in [0.15, 0.2) is 39.4 Å². The summed E-state index contributed by atoms with van der Waals surface area (Å²) >= 11 is 0. The maximum absolute atomic E-state index is 13.9. The molecule has 0 spiro atoms. The Labute approximate surface area is 270 Å². The minimum Gasteiger partial charge on any atom is -0.469 e. The third kappa shape index (κ3) is 9.24. The lowest BCUT2D eigenvalue weighted by Crippen LogP contribution is -2.37. The van der Waals surface area contributed by atoms with Crippen LogP contribution in [-0.4, -0.2) is 89.1 Å². The number of carbonyl (C=O) groups is 2. The molecule has 2 aliphatic heterocycles. The van der Waals surface area contributed by atoms with Gasteiger partial charge in [0, 0.05) is 37.5 Å². The highest BCUT2D eigenvalue weighted by Gasteiger charge is 2.46. The van der Waals surface area contributed by atoms with E-state index in [0.29, 0.717) is 17.9 Å². The van der Waals surface area contributed by atoms with Gasteiger partial charge >= 0.3 is 25.2 Å². The molecule has 1 saturated heterocycles. The Bertz CT molecular complexity index is 1600. The molecular weight excluding hydrogens is 643 g/mol. The fourth-order valence-electron chi connectivity index (χ4n) is 4.19. The minimum absolute atomic E-state index is 0.0444. The van der Waals surface area contributed by atoms with Gasteiger partial charge in [0.05, 0.1) is 30.2 Å². The summed E-state index contributed by atoms with van der Waals surface area (Å²) in [5.41, 5.74) is -2.52. The van der Waals surface area contributed by atoms with Crippen LogP contribution >= 0.6 is 7.60 Å². The smallest absolute Gasteiger partial charge is 0.388 e. The first kappa shape index (κ1) is 36.2. The van der Waals surface area contributed by atoms with Gasteiger partial charge in [-0.05, 0) is 41.5 Å². The standard InChI is InChI=1S/C28H41N6O12P/c1-27(2,3)24(36)42-15-44-47(39,45-16-43-25(37)28(4,5)6)20-14-33(32-31-20)13-18-21(17-12-29-17)22(41-11-10-40-7)23(46-18)34-9-8-19(35)30-26(34)38/h8-9,14,17,22-23,29H,10-13,15-16H2,1-7H3,(H,30,35,38)/t17?,22?,23-/m1/s1. The van der Waals surface area contributed by atoms with Gasteiger partial charge in [-0.3, -0.25) is 37.5 Å². The van der Waals surface area contributed by atoms with E-state index in [0.717, 1.165) is 0 Å². The van der Waals surface area contributed by atoms with E-state index in [1.807, 2.05) is 0 Å². The number of allylic oxidation sites excluding steroid dienone is 1. The molecule has 4 heterocycles. The first-order valence-electron chi connectivity index (χ1n) is 14.7. The van der Waals surface area contributed by atoms with Gasteiger partial charge in [0.1, 0.15) is 18.4 Å². The summed E-state index contributed by atoms with van der Waals surface area (Å²) in [7, 11) is -2.84. The van der Waals surface area contributed by atoms with Gasteiger partial charge in [-0.2, -0.15) is 0 Å². The predicted octanol–water partition coefficient (Wildman–Crippen LogP) is 0.560. The zero-order valence-electron chi connectivity index (χ0n) is 27.3. The quantitative estimate of drug-likeness (QED) is 0.0860. The lowest BCUT2D eigenvalue weighted by atomic mass is 9.98. The van der Waals surface area contributed by atoms with Gasteiger partial charge in [0.2, 0.25) is 19.8 Å². The second-order valence-electron chi connectivity index (χ2n) is 12.8. The number of ether oxygens (including phenoxy) is 5. The molecule has 19 heteroatoms. The average molecular weight is 685 g/mol. The fourth-order valence-corrected chi connectivity index (χ4v) is 5.33. The van der Waals surface area contributed by atoms with Gasteiger partial charge in [0.25, 0.3) is 5.56 Å². The first-order valence-corrected chi connectivity index (χ1v) is 16.3. The molecule has 0 amide bonds. The van der Waals surface area contributed by atoms with Crippen LogP contribution in [0.25, 0.3) is 0 Å². The fraction of sp³-hybridized carbons (Fsp3) is 0.643. The SMILES string of the molecule is COCCOC1C(C2CN2)=C(Cn2cc(P(=O)(OCOC(=O)C(C)(C)C)OCOC(=O)C(C)(C)C)nn2)O[C@H]1n1ccc(=O)[nH]c1=O. The van der Waals surface area contributed by atoms with Gasteiger partial charge in [-0.1, -0.05) is 5.21 Å². The molecule has 0 radical (unpaired) electrons. The topological polar surface area (TPSA) is 223 Å². The van der Waals surface area contributed by atoms with Crippen LogP contribution in [0, 0.1) is 10.8 Å². The molecule has 2 N–H and O–H groups in total. The number of H-pyrrole nitrogens is 1. The van der Waals surface area contributed by atoms with Gasteiger partial charge in [-0.15, -0.1) is 5.10 Å². The summed E-state index contributed by atoms with van der Waals surface area (Å²) in [6, 6.07) is 1.07. The largest absolute Gasteiger partial charge is 0.469 e. The van der Waals surface area contributed by atoms with E-state index in [4.69, 9.17) is 32.7 Å². The second kappa shape index (κ2) is 14.6. The van der Waals surface area contributed by atoms with E-state index >= 15 is 0 Å². The Morgan fingerprint density at radius 2 is 1.66 bits per heavy atom. The maximum Gasteiger partial charge on any atom is 0.388 e. The average Bonchev–Trinajstić information content (AvgIpc) is 3.59. The molecule has 3 atom stereocenters. The van der Waals surface area contributed by atoms with Crippen molar-refractivity contribution in [3.63, 3.8) is 0 Å². The summed E-state index contributed by atoms with van der Waals surface area (Å²) < 4.78 is 54.9. The van der Waals surface area contributed by atoms with Gasteiger partial charge in [0.15, 0.2) is 5.44 Å². The number of aromatic amines is 1. The lowest BCUT2D eigenvalue weighted by Gasteiger charge is -2.23. The van der Waals surface area contributed by atoms with Crippen molar-refractivity contribution >= 4 is 25.0 Å². The molecule has 2 unspecified atom stereocenters. The Kier molecular flexibility index (Phi) is 11.3. The van der Waals surface area contributed by atoms with Gasteiger partial charge in [-0.25, -0.2) is 9.48 Å². The zero-order chi connectivity index (χ0) is 34.6. The molecule has 18 nitrogen and oxygen atoms in total. The van der Waals surface area contributed by atoms with Crippen molar-refractivity contribution in [2.45, 2.75) is 66.5 Å². The third-order valence-electron chi connectivity index (χ3n) is 6.81. The Morgan fingerprint density at radius 3 is 2.19 bits per heavy atom. The number of esters is 2. The van der Waals surface area contributed by atoms with Crippen molar-refractivity contribution in [1.82, 2.24) is 29.9 Å². The van der Waals surface area contributed by atoms with E-state index in [1.165, 1.54) is 34.8 Å². The highest BCUT2D eigenvalue weighted by atomic mass is 31.2. The predicted molar refractivity (Wildman–Crippen MR) is 162 cm³/mol. The number of methoxy groups -OCH3 is 1. The molecule has 2 aromatic rings. The molecule has 0 aliphatic carbocycles. The number of rotatable bonds is 15. The number of carbonyl (C=O) groups excluding carboxylic acids is 2. The van der Waals surface area contributed by atoms with Crippen LogP contribution in [0.4, 0.5) is 0 Å². The third-order valence-corrected chi connectivity index (χ3v) is 8.46. The van der Waals surface area contributed by atoms with E-state index in [2.05, 4.69) is 20.6 Å². The van der Waals surface area contributed by atoms with E-state index < -0.39 is 67.5 Å². The molecule has 2 aromatic heterocycles. The van der Waals surface area contributed by atoms with Crippen LogP contribution in [0.3, 0.4) is 0 Å². The molecule has 0 saturated carbocycles. The van der Waals surface area contributed by atoms with Crippen molar-refractivity contribution in [3.8, 4) is 0 Å². The number of nitrogens with zero attached hydrogens (tertiary/aromatic N) is 4. The number of aromatic nitrogens is 5. The van der Waals surface area contributed by atoms with Crippen LogP contribution < -0.4 is 22.0 Å². The van der Waals surface area contributed by atoms with Gasteiger partial charge < -0.3 is 29.0 Å². The highest BCUT2D eigenvalue weighted by molar-refractivity contribution is 7.61. The molecule has 47 heavy (non-hydrogen) atoms. The first-order chi connectivity index (χ1) is 22.0. The van der Waals surface area contributed by atoms with E-state index in [1.54, 1.807) is 41.5 Å². The van der Waals surface area contributed by atoms with Crippen LogP contribution in [-0.2, 0) is 53.4 Å². The Balaban J connectivity index is 1.59. The molecule has 2 aliphatic rings. The number of hydrogen-bond donors (Lipinski definition) is 2. The summed E-state index contributed by atoms with van der Waals surface area (Å²) in [4.78, 5) is 51.1. The van der Waals surface area contributed by atoms with Crippen molar-refractivity contribution < 1.29 is 46.9 Å². The molecule has 0 bridgehead atoms. The van der Waals surface area contributed by atoms with E-state index in [9.17, 15) is 23.7 Å². The van der Waals surface area contributed by atoms with Crippen molar-refractivity contribution in [3.05, 3.63) is 50.6 Å². The lowest BCUT2D eigenvalue weighted by molar-refractivity contribution is -0.161.